The van der Waals surface area contributed by atoms with Gasteiger partial charge < -0.3 is 9.64 Å². The summed E-state index contributed by atoms with van der Waals surface area (Å²) < 4.78 is 5.82. The quantitative estimate of drug-likeness (QED) is 0.853. The summed E-state index contributed by atoms with van der Waals surface area (Å²) in [5.74, 6) is 1.01. The van der Waals surface area contributed by atoms with Crippen LogP contribution in [0.15, 0.2) is 54.6 Å². The third-order valence-corrected chi connectivity index (χ3v) is 3.70. The second-order valence-electron chi connectivity index (χ2n) is 5.27. The first-order valence-corrected chi connectivity index (χ1v) is 7.40. The van der Waals surface area contributed by atoms with E-state index in [1.54, 1.807) is 0 Å². The van der Waals surface area contributed by atoms with Crippen LogP contribution in [0.25, 0.3) is 0 Å². The first-order valence-electron chi connectivity index (χ1n) is 7.40. The Bertz CT molecular complexity index is 610. The van der Waals surface area contributed by atoms with Gasteiger partial charge in [-0.1, -0.05) is 36.4 Å². The summed E-state index contributed by atoms with van der Waals surface area (Å²) in [6.45, 7) is 1.35. The van der Waals surface area contributed by atoms with Gasteiger partial charge in [0.2, 0.25) is 5.91 Å². The number of nitrogens with zero attached hydrogens (tertiary/aromatic N) is 1. The smallest absolute Gasteiger partial charge is 0.226 e. The van der Waals surface area contributed by atoms with Crippen LogP contribution >= 0.6 is 0 Å². The average Bonchev–Trinajstić information content (AvgIpc) is 2.55. The van der Waals surface area contributed by atoms with Crippen LogP contribution in [0, 0.1) is 0 Å². The summed E-state index contributed by atoms with van der Waals surface area (Å²) in [5, 5.41) is 0. The standard InChI is InChI=1S/C18H19NO2/c20-18-11-4-5-12-19(18)16-9-6-10-17(13-16)21-14-15-7-2-1-3-8-15/h1-3,6-10,13H,4-5,11-12,14H2. The number of hydrogen-bond donors (Lipinski definition) is 0. The topological polar surface area (TPSA) is 29.5 Å². The first kappa shape index (κ1) is 13.7. The van der Waals surface area contributed by atoms with E-state index in [0.29, 0.717) is 13.0 Å². The van der Waals surface area contributed by atoms with Crippen LogP contribution in [-0.2, 0) is 11.4 Å². The number of carbonyl (C=O) groups is 1. The molecule has 0 spiro atoms. The molecular formula is C18H19NO2. The van der Waals surface area contributed by atoms with E-state index in [0.717, 1.165) is 36.4 Å². The molecule has 1 amide bonds. The fourth-order valence-electron chi connectivity index (χ4n) is 2.56. The molecule has 0 unspecified atom stereocenters. The van der Waals surface area contributed by atoms with Crippen molar-refractivity contribution >= 4 is 11.6 Å². The minimum absolute atomic E-state index is 0.210. The molecule has 3 nitrogen and oxygen atoms in total. The molecule has 0 N–H and O–H groups in total. The summed E-state index contributed by atoms with van der Waals surface area (Å²) in [5.41, 5.74) is 2.07. The molecule has 0 bridgehead atoms. The van der Waals surface area contributed by atoms with Crippen molar-refractivity contribution in [2.24, 2.45) is 0 Å². The lowest BCUT2D eigenvalue weighted by atomic mass is 10.1. The lowest BCUT2D eigenvalue weighted by Crippen LogP contribution is -2.35. The van der Waals surface area contributed by atoms with Crippen LogP contribution in [0.3, 0.4) is 0 Å². The number of anilines is 1. The molecule has 0 saturated carbocycles. The second-order valence-corrected chi connectivity index (χ2v) is 5.27. The fourth-order valence-corrected chi connectivity index (χ4v) is 2.56. The molecule has 1 heterocycles. The summed E-state index contributed by atoms with van der Waals surface area (Å²) in [7, 11) is 0. The highest BCUT2D eigenvalue weighted by Gasteiger charge is 2.19. The van der Waals surface area contributed by atoms with Crippen LogP contribution in [0.5, 0.6) is 5.75 Å². The van der Waals surface area contributed by atoms with Gasteiger partial charge in [0.25, 0.3) is 0 Å². The number of amides is 1. The average molecular weight is 281 g/mol. The molecule has 108 valence electrons. The monoisotopic (exact) mass is 281 g/mol. The van der Waals surface area contributed by atoms with Gasteiger partial charge in [0.1, 0.15) is 12.4 Å². The highest BCUT2D eigenvalue weighted by Crippen LogP contribution is 2.25. The molecule has 1 aliphatic rings. The highest BCUT2D eigenvalue weighted by atomic mass is 16.5. The maximum Gasteiger partial charge on any atom is 0.226 e. The fraction of sp³-hybridized carbons (Fsp3) is 0.278. The van der Waals surface area contributed by atoms with Crippen LogP contribution < -0.4 is 9.64 Å². The molecule has 2 aromatic rings. The van der Waals surface area contributed by atoms with Gasteiger partial charge in [-0.15, -0.1) is 0 Å². The molecule has 0 aliphatic carbocycles. The zero-order valence-corrected chi connectivity index (χ0v) is 12.0. The normalized spacial score (nSPS) is 15.0. The van der Waals surface area contributed by atoms with Crippen molar-refractivity contribution in [2.45, 2.75) is 25.9 Å². The van der Waals surface area contributed by atoms with Crippen molar-refractivity contribution in [3.63, 3.8) is 0 Å². The first-order chi connectivity index (χ1) is 10.3. The van der Waals surface area contributed by atoms with E-state index in [4.69, 9.17) is 4.74 Å². The Morgan fingerprint density at radius 1 is 1.00 bits per heavy atom. The SMILES string of the molecule is O=C1CCCCN1c1cccc(OCc2ccccc2)c1. The van der Waals surface area contributed by atoms with Gasteiger partial charge in [-0.2, -0.15) is 0 Å². The maximum absolute atomic E-state index is 12.0. The largest absolute Gasteiger partial charge is 0.489 e. The lowest BCUT2D eigenvalue weighted by molar-refractivity contribution is -0.119. The van der Waals surface area contributed by atoms with Crippen molar-refractivity contribution in [1.82, 2.24) is 0 Å². The number of ether oxygens (including phenoxy) is 1. The Kier molecular flexibility index (Phi) is 4.20. The van der Waals surface area contributed by atoms with Gasteiger partial charge in [-0.3, -0.25) is 4.79 Å². The predicted octanol–water partition coefficient (Wildman–Crippen LogP) is 3.78. The van der Waals surface area contributed by atoms with Gasteiger partial charge >= 0.3 is 0 Å². The molecule has 1 saturated heterocycles. The van der Waals surface area contributed by atoms with E-state index in [2.05, 4.69) is 0 Å². The Labute approximate surface area is 125 Å². The second kappa shape index (κ2) is 6.44. The number of benzene rings is 2. The van der Waals surface area contributed by atoms with Gasteiger partial charge in [-0.25, -0.2) is 0 Å². The zero-order chi connectivity index (χ0) is 14.5. The zero-order valence-electron chi connectivity index (χ0n) is 12.0. The molecule has 1 fully saturated rings. The van der Waals surface area contributed by atoms with Gasteiger partial charge in [-0.05, 0) is 30.5 Å². The number of piperidine rings is 1. The Balaban J connectivity index is 1.69. The molecule has 0 radical (unpaired) electrons. The van der Waals surface area contributed by atoms with E-state index in [1.165, 1.54) is 0 Å². The molecule has 3 heteroatoms. The molecule has 0 aromatic heterocycles. The van der Waals surface area contributed by atoms with Crippen LogP contribution in [0.4, 0.5) is 5.69 Å². The lowest BCUT2D eigenvalue weighted by Gasteiger charge is -2.27. The van der Waals surface area contributed by atoms with E-state index >= 15 is 0 Å². The van der Waals surface area contributed by atoms with E-state index in [-0.39, 0.29) is 5.91 Å². The highest BCUT2D eigenvalue weighted by molar-refractivity contribution is 5.94. The van der Waals surface area contributed by atoms with Gasteiger partial charge in [0.05, 0.1) is 0 Å². The predicted molar refractivity (Wildman–Crippen MR) is 83.4 cm³/mol. The molecular weight excluding hydrogens is 262 g/mol. The van der Waals surface area contributed by atoms with E-state index in [9.17, 15) is 4.79 Å². The van der Waals surface area contributed by atoms with E-state index < -0.39 is 0 Å². The van der Waals surface area contributed by atoms with Crippen molar-refractivity contribution < 1.29 is 9.53 Å². The summed E-state index contributed by atoms with van der Waals surface area (Å²) >= 11 is 0. The minimum atomic E-state index is 0.210. The number of carbonyl (C=O) groups excluding carboxylic acids is 1. The van der Waals surface area contributed by atoms with Crippen LogP contribution in [0.2, 0.25) is 0 Å². The molecule has 21 heavy (non-hydrogen) atoms. The Morgan fingerprint density at radius 3 is 2.67 bits per heavy atom. The van der Waals surface area contributed by atoms with Crippen molar-refractivity contribution in [1.29, 1.82) is 0 Å². The molecule has 1 aliphatic heterocycles. The van der Waals surface area contributed by atoms with Crippen LogP contribution in [-0.4, -0.2) is 12.5 Å². The summed E-state index contributed by atoms with van der Waals surface area (Å²) in [6, 6.07) is 17.9. The maximum atomic E-state index is 12.0. The summed E-state index contributed by atoms with van der Waals surface area (Å²) in [4.78, 5) is 13.8. The van der Waals surface area contributed by atoms with Crippen molar-refractivity contribution in [3.05, 3.63) is 60.2 Å². The molecule has 0 atom stereocenters. The van der Waals surface area contributed by atoms with Gasteiger partial charge in [0.15, 0.2) is 0 Å². The van der Waals surface area contributed by atoms with Crippen LogP contribution in [0.1, 0.15) is 24.8 Å². The molecule has 2 aromatic carbocycles. The Morgan fingerprint density at radius 2 is 1.86 bits per heavy atom. The molecule has 3 rings (SSSR count). The third kappa shape index (κ3) is 3.43. The van der Waals surface area contributed by atoms with E-state index in [1.807, 2.05) is 59.5 Å². The number of hydrogen-bond acceptors (Lipinski definition) is 2. The van der Waals surface area contributed by atoms with Gasteiger partial charge in [0, 0.05) is 24.7 Å². The summed E-state index contributed by atoms with van der Waals surface area (Å²) in [6.07, 6.45) is 2.72. The van der Waals surface area contributed by atoms with Crippen molar-refractivity contribution in [3.8, 4) is 5.75 Å². The van der Waals surface area contributed by atoms with Crippen molar-refractivity contribution in [2.75, 3.05) is 11.4 Å². The minimum Gasteiger partial charge on any atom is -0.489 e. The third-order valence-electron chi connectivity index (χ3n) is 3.70. The Hall–Kier alpha value is -2.29. The number of rotatable bonds is 4.